The van der Waals surface area contributed by atoms with Crippen LogP contribution in [0.25, 0.3) is 11.0 Å². The fourth-order valence-corrected chi connectivity index (χ4v) is 4.51. The average molecular weight is 398 g/mol. The maximum absolute atomic E-state index is 12.5. The van der Waals surface area contributed by atoms with E-state index in [0.717, 1.165) is 29.7 Å². The van der Waals surface area contributed by atoms with Crippen LogP contribution in [0.15, 0.2) is 53.4 Å². The number of hydrogen-bond donors (Lipinski definition) is 2. The van der Waals surface area contributed by atoms with Gasteiger partial charge in [0.15, 0.2) is 0 Å². The number of sulfonamides is 1. The molecule has 7 nitrogen and oxygen atoms in total. The van der Waals surface area contributed by atoms with Crippen LogP contribution in [0.5, 0.6) is 0 Å². The largest absolute Gasteiger partial charge is 0.350 e. The Morgan fingerprint density at radius 3 is 2.75 bits per heavy atom. The Kier molecular flexibility index (Phi) is 4.91. The van der Waals surface area contributed by atoms with Gasteiger partial charge in [-0.15, -0.1) is 0 Å². The summed E-state index contributed by atoms with van der Waals surface area (Å²) in [6, 6.07) is 14.0. The van der Waals surface area contributed by atoms with Crippen LogP contribution in [0.3, 0.4) is 0 Å². The molecule has 1 fully saturated rings. The normalized spacial score (nSPS) is 14.3. The van der Waals surface area contributed by atoms with E-state index in [4.69, 9.17) is 0 Å². The Morgan fingerprint density at radius 2 is 1.96 bits per heavy atom. The number of hydrogen-bond acceptors (Lipinski definition) is 4. The van der Waals surface area contributed by atoms with Gasteiger partial charge in [0.2, 0.25) is 10.0 Å². The van der Waals surface area contributed by atoms with Crippen molar-refractivity contribution in [2.75, 3.05) is 6.54 Å². The van der Waals surface area contributed by atoms with E-state index in [1.807, 2.05) is 31.2 Å². The molecule has 1 aliphatic rings. The summed E-state index contributed by atoms with van der Waals surface area (Å²) >= 11 is 0. The van der Waals surface area contributed by atoms with Gasteiger partial charge >= 0.3 is 0 Å². The van der Waals surface area contributed by atoms with Crippen LogP contribution in [-0.2, 0) is 16.6 Å². The van der Waals surface area contributed by atoms with Gasteiger partial charge in [-0.05, 0) is 50.1 Å². The monoisotopic (exact) mass is 398 g/mol. The Labute approximate surface area is 163 Å². The number of nitrogens with one attached hydrogen (secondary N) is 2. The second-order valence-corrected chi connectivity index (χ2v) is 8.69. The number of aromatic nitrogens is 2. The molecule has 1 aliphatic carbocycles. The fourth-order valence-electron chi connectivity index (χ4n) is 3.15. The van der Waals surface area contributed by atoms with Crippen molar-refractivity contribution in [2.24, 2.45) is 0 Å². The lowest BCUT2D eigenvalue weighted by atomic mass is 10.2. The molecule has 1 amide bonds. The summed E-state index contributed by atoms with van der Waals surface area (Å²) in [5, 5.41) is 2.86. The summed E-state index contributed by atoms with van der Waals surface area (Å²) in [6.45, 7) is 2.93. The molecule has 1 saturated carbocycles. The SMILES string of the molecule is Cc1nc2ccccc2n1CCNC(=O)c1cccc(S(=O)(=O)NC2CC2)c1. The molecule has 4 rings (SSSR count). The molecule has 28 heavy (non-hydrogen) atoms. The Morgan fingerprint density at radius 1 is 1.18 bits per heavy atom. The second kappa shape index (κ2) is 7.37. The zero-order valence-corrected chi connectivity index (χ0v) is 16.4. The van der Waals surface area contributed by atoms with Crippen molar-refractivity contribution in [3.8, 4) is 0 Å². The maximum Gasteiger partial charge on any atom is 0.251 e. The highest BCUT2D eigenvalue weighted by Gasteiger charge is 2.28. The van der Waals surface area contributed by atoms with Gasteiger partial charge in [-0.1, -0.05) is 18.2 Å². The molecular formula is C20H22N4O3S. The maximum atomic E-state index is 12.5. The van der Waals surface area contributed by atoms with Crippen molar-refractivity contribution in [1.82, 2.24) is 19.6 Å². The smallest absolute Gasteiger partial charge is 0.251 e. The van der Waals surface area contributed by atoms with Crippen molar-refractivity contribution in [3.63, 3.8) is 0 Å². The van der Waals surface area contributed by atoms with Gasteiger partial charge < -0.3 is 9.88 Å². The number of carbonyl (C=O) groups excluding carboxylic acids is 1. The van der Waals surface area contributed by atoms with E-state index in [0.29, 0.717) is 18.7 Å². The first-order valence-electron chi connectivity index (χ1n) is 9.26. The number of aryl methyl sites for hydroxylation is 1. The number of fused-ring (bicyclic) bond motifs is 1. The molecule has 0 saturated heterocycles. The molecule has 0 atom stereocenters. The number of rotatable bonds is 7. The van der Waals surface area contributed by atoms with E-state index in [1.54, 1.807) is 12.1 Å². The van der Waals surface area contributed by atoms with Gasteiger partial charge in [0.25, 0.3) is 5.91 Å². The van der Waals surface area contributed by atoms with Crippen LogP contribution in [-0.4, -0.2) is 36.5 Å². The van der Waals surface area contributed by atoms with Gasteiger partial charge in [0, 0.05) is 24.7 Å². The minimum atomic E-state index is -3.58. The van der Waals surface area contributed by atoms with Crippen molar-refractivity contribution in [1.29, 1.82) is 0 Å². The first-order valence-corrected chi connectivity index (χ1v) is 10.7. The summed E-state index contributed by atoms with van der Waals surface area (Å²) in [5.74, 6) is 0.584. The minimum absolute atomic E-state index is 0.0238. The van der Waals surface area contributed by atoms with Crippen molar-refractivity contribution < 1.29 is 13.2 Å². The summed E-state index contributed by atoms with van der Waals surface area (Å²) < 4.78 is 29.4. The first-order chi connectivity index (χ1) is 13.4. The highest BCUT2D eigenvalue weighted by atomic mass is 32.2. The van der Waals surface area contributed by atoms with Gasteiger partial charge in [-0.25, -0.2) is 18.1 Å². The van der Waals surface area contributed by atoms with E-state index in [9.17, 15) is 13.2 Å². The van der Waals surface area contributed by atoms with Crippen molar-refractivity contribution in [3.05, 3.63) is 59.9 Å². The molecule has 146 valence electrons. The number of imidazole rings is 1. The van der Waals surface area contributed by atoms with Crippen LogP contribution in [0.2, 0.25) is 0 Å². The predicted octanol–water partition coefficient (Wildman–Crippen LogP) is 2.22. The molecule has 3 aromatic rings. The van der Waals surface area contributed by atoms with Crippen molar-refractivity contribution >= 4 is 27.0 Å². The molecule has 2 aromatic carbocycles. The predicted molar refractivity (Wildman–Crippen MR) is 107 cm³/mol. The van der Waals surface area contributed by atoms with Crippen LogP contribution in [0, 0.1) is 6.92 Å². The van der Waals surface area contributed by atoms with Crippen LogP contribution >= 0.6 is 0 Å². The third-order valence-corrected chi connectivity index (χ3v) is 6.29. The lowest BCUT2D eigenvalue weighted by Gasteiger charge is -2.10. The van der Waals surface area contributed by atoms with Crippen LogP contribution in [0.1, 0.15) is 29.0 Å². The number of carbonyl (C=O) groups is 1. The summed E-state index contributed by atoms with van der Waals surface area (Å²) in [6.07, 6.45) is 1.73. The van der Waals surface area contributed by atoms with Gasteiger partial charge in [-0.3, -0.25) is 4.79 Å². The Hall–Kier alpha value is -2.71. The zero-order chi connectivity index (χ0) is 19.7. The molecule has 0 aliphatic heterocycles. The van der Waals surface area contributed by atoms with Gasteiger partial charge in [0.05, 0.1) is 15.9 Å². The van der Waals surface area contributed by atoms with E-state index >= 15 is 0 Å². The molecule has 0 bridgehead atoms. The summed E-state index contributed by atoms with van der Waals surface area (Å²) in [7, 11) is -3.58. The summed E-state index contributed by atoms with van der Waals surface area (Å²) in [4.78, 5) is 17.1. The van der Waals surface area contributed by atoms with E-state index in [2.05, 4.69) is 19.6 Å². The van der Waals surface area contributed by atoms with E-state index in [-0.39, 0.29) is 16.8 Å². The number of amides is 1. The quantitative estimate of drug-likeness (QED) is 0.638. The lowest BCUT2D eigenvalue weighted by molar-refractivity contribution is 0.0952. The lowest BCUT2D eigenvalue weighted by Crippen LogP contribution is -2.28. The Balaban J connectivity index is 1.42. The van der Waals surface area contributed by atoms with Crippen LogP contribution < -0.4 is 10.0 Å². The third kappa shape index (κ3) is 3.93. The first kappa shape index (κ1) is 18.6. The highest BCUT2D eigenvalue weighted by Crippen LogP contribution is 2.22. The topological polar surface area (TPSA) is 93.1 Å². The standard InChI is InChI=1S/C20H22N4O3S/c1-14-22-18-7-2-3-8-19(18)24(14)12-11-21-20(25)15-5-4-6-17(13-15)28(26,27)23-16-9-10-16/h2-8,13,16,23H,9-12H2,1H3,(H,21,25). The summed E-state index contributed by atoms with van der Waals surface area (Å²) in [5.41, 5.74) is 2.27. The number of nitrogens with zero attached hydrogens (tertiary/aromatic N) is 2. The number of benzene rings is 2. The molecule has 1 heterocycles. The minimum Gasteiger partial charge on any atom is -0.350 e. The highest BCUT2D eigenvalue weighted by molar-refractivity contribution is 7.89. The molecule has 1 aromatic heterocycles. The van der Waals surface area contributed by atoms with E-state index < -0.39 is 10.0 Å². The molecule has 0 spiro atoms. The molecular weight excluding hydrogens is 376 g/mol. The molecule has 0 radical (unpaired) electrons. The molecule has 2 N–H and O–H groups in total. The molecule has 8 heteroatoms. The fraction of sp³-hybridized carbons (Fsp3) is 0.300. The van der Waals surface area contributed by atoms with Crippen molar-refractivity contribution in [2.45, 2.75) is 37.2 Å². The molecule has 0 unspecified atom stereocenters. The Bertz CT molecular complexity index is 1130. The average Bonchev–Trinajstić information content (AvgIpc) is 3.43. The third-order valence-electron chi connectivity index (χ3n) is 4.77. The second-order valence-electron chi connectivity index (χ2n) is 6.98. The van der Waals surface area contributed by atoms with Gasteiger partial charge in [0.1, 0.15) is 5.82 Å². The van der Waals surface area contributed by atoms with E-state index in [1.165, 1.54) is 12.1 Å². The van der Waals surface area contributed by atoms with Gasteiger partial charge in [-0.2, -0.15) is 0 Å². The van der Waals surface area contributed by atoms with Crippen LogP contribution in [0.4, 0.5) is 0 Å². The zero-order valence-electron chi connectivity index (χ0n) is 15.6. The number of para-hydroxylation sites is 2.